The zero-order valence-electron chi connectivity index (χ0n) is 15.6. The van der Waals surface area contributed by atoms with Crippen LogP contribution < -0.4 is 14.9 Å². The van der Waals surface area contributed by atoms with Crippen molar-refractivity contribution in [2.24, 2.45) is 5.10 Å². The number of benzene rings is 3. The summed E-state index contributed by atoms with van der Waals surface area (Å²) >= 11 is 9.53. The minimum atomic E-state index is -0.388. The normalized spacial score (nSPS) is 10.7. The Labute approximate surface area is 182 Å². The molecule has 7 heteroatoms. The van der Waals surface area contributed by atoms with E-state index in [2.05, 4.69) is 26.5 Å². The van der Waals surface area contributed by atoms with Crippen molar-refractivity contribution in [2.45, 2.75) is 6.61 Å². The molecule has 0 aliphatic carbocycles. The third-order valence-electron chi connectivity index (χ3n) is 3.98. The molecule has 5 nitrogen and oxygen atoms in total. The van der Waals surface area contributed by atoms with E-state index in [0.29, 0.717) is 33.2 Å². The number of carbonyl (C=O) groups excluding carboxylic acids is 1. The lowest BCUT2D eigenvalue weighted by molar-refractivity contribution is 0.0955. The molecule has 1 N–H and O–H groups in total. The Morgan fingerprint density at radius 2 is 1.86 bits per heavy atom. The van der Waals surface area contributed by atoms with Gasteiger partial charge in [-0.25, -0.2) is 5.43 Å². The number of nitrogens with one attached hydrogen (secondary N) is 1. The smallest absolute Gasteiger partial charge is 0.272 e. The fourth-order valence-corrected chi connectivity index (χ4v) is 3.35. The minimum absolute atomic E-state index is 0.356. The summed E-state index contributed by atoms with van der Waals surface area (Å²) in [6, 6.07) is 20.2. The molecule has 29 heavy (non-hydrogen) atoms. The maximum atomic E-state index is 12.2. The van der Waals surface area contributed by atoms with Gasteiger partial charge < -0.3 is 9.47 Å². The Bertz CT molecular complexity index is 1030. The standard InChI is InChI=1S/C22H18BrClN2O3/c1-28-20-12-16(13-25-26-22(27)17-9-5-6-10-19(17)24)11-18(23)21(20)29-14-15-7-3-2-4-8-15/h2-13H,14H2,1H3,(H,26,27)/b25-13-. The Kier molecular flexibility index (Phi) is 7.27. The van der Waals surface area contributed by atoms with E-state index in [1.807, 2.05) is 36.4 Å². The molecule has 148 valence electrons. The molecule has 0 atom stereocenters. The summed E-state index contributed by atoms with van der Waals surface area (Å²) in [5.41, 5.74) is 4.59. The number of rotatable bonds is 7. The van der Waals surface area contributed by atoms with Gasteiger partial charge >= 0.3 is 0 Å². The number of amides is 1. The summed E-state index contributed by atoms with van der Waals surface area (Å²) in [4.78, 5) is 12.2. The molecule has 0 saturated heterocycles. The highest BCUT2D eigenvalue weighted by molar-refractivity contribution is 9.10. The van der Waals surface area contributed by atoms with Crippen LogP contribution in [0.15, 0.2) is 76.3 Å². The molecule has 0 aromatic heterocycles. The maximum absolute atomic E-state index is 12.2. The average Bonchev–Trinajstić information content (AvgIpc) is 2.73. The molecular weight excluding hydrogens is 456 g/mol. The second kappa shape index (κ2) is 10.1. The molecule has 0 heterocycles. The lowest BCUT2D eigenvalue weighted by atomic mass is 10.2. The largest absolute Gasteiger partial charge is 0.493 e. The summed E-state index contributed by atoms with van der Waals surface area (Å²) in [7, 11) is 1.57. The molecule has 0 saturated carbocycles. The van der Waals surface area contributed by atoms with Crippen molar-refractivity contribution in [1.82, 2.24) is 5.43 Å². The molecule has 0 aliphatic heterocycles. The highest BCUT2D eigenvalue weighted by Crippen LogP contribution is 2.36. The van der Waals surface area contributed by atoms with Crippen molar-refractivity contribution in [2.75, 3.05) is 7.11 Å². The van der Waals surface area contributed by atoms with Crippen LogP contribution in [0.5, 0.6) is 11.5 Å². The third-order valence-corrected chi connectivity index (χ3v) is 4.89. The highest BCUT2D eigenvalue weighted by Gasteiger charge is 2.12. The minimum Gasteiger partial charge on any atom is -0.493 e. The van der Waals surface area contributed by atoms with Crippen LogP contribution in [0.4, 0.5) is 0 Å². The number of ether oxygens (including phenoxy) is 2. The molecule has 0 aliphatic rings. The Morgan fingerprint density at radius 1 is 1.14 bits per heavy atom. The first kappa shape index (κ1) is 20.9. The number of carbonyl (C=O) groups is 1. The summed E-state index contributed by atoms with van der Waals surface area (Å²) in [5.74, 6) is 0.753. The second-order valence-corrected chi connectivity index (χ2v) is 7.25. The summed E-state index contributed by atoms with van der Waals surface area (Å²) in [6.07, 6.45) is 1.52. The van der Waals surface area contributed by atoms with Crippen molar-refractivity contribution in [1.29, 1.82) is 0 Å². The van der Waals surface area contributed by atoms with Gasteiger partial charge in [-0.3, -0.25) is 4.79 Å². The third kappa shape index (κ3) is 5.59. The van der Waals surface area contributed by atoms with Crippen molar-refractivity contribution in [3.05, 3.63) is 92.9 Å². The Balaban J connectivity index is 1.70. The molecular formula is C22H18BrClN2O3. The van der Waals surface area contributed by atoms with Gasteiger partial charge in [0.1, 0.15) is 6.61 Å². The van der Waals surface area contributed by atoms with Crippen molar-refractivity contribution in [3.8, 4) is 11.5 Å². The monoisotopic (exact) mass is 472 g/mol. The zero-order chi connectivity index (χ0) is 20.6. The number of methoxy groups -OCH3 is 1. The lowest BCUT2D eigenvalue weighted by Crippen LogP contribution is -2.17. The number of hydrazone groups is 1. The summed E-state index contributed by atoms with van der Waals surface area (Å²) in [6.45, 7) is 0.414. The first-order valence-electron chi connectivity index (χ1n) is 8.70. The molecule has 3 aromatic carbocycles. The van der Waals surface area contributed by atoms with E-state index in [4.69, 9.17) is 21.1 Å². The maximum Gasteiger partial charge on any atom is 0.272 e. The van der Waals surface area contributed by atoms with Crippen LogP contribution >= 0.6 is 27.5 Å². The number of hydrogen-bond acceptors (Lipinski definition) is 4. The molecule has 3 rings (SSSR count). The van der Waals surface area contributed by atoms with E-state index in [9.17, 15) is 4.79 Å². The van der Waals surface area contributed by atoms with Crippen LogP contribution in [-0.4, -0.2) is 19.2 Å². The van der Waals surface area contributed by atoms with E-state index in [0.717, 1.165) is 11.1 Å². The van der Waals surface area contributed by atoms with Crippen molar-refractivity contribution < 1.29 is 14.3 Å². The first-order valence-corrected chi connectivity index (χ1v) is 9.87. The van der Waals surface area contributed by atoms with E-state index < -0.39 is 0 Å². The van der Waals surface area contributed by atoms with Gasteiger partial charge in [0.25, 0.3) is 5.91 Å². The van der Waals surface area contributed by atoms with Gasteiger partial charge in [0, 0.05) is 0 Å². The lowest BCUT2D eigenvalue weighted by Gasteiger charge is -2.13. The van der Waals surface area contributed by atoms with Crippen LogP contribution in [0, 0.1) is 0 Å². The van der Waals surface area contributed by atoms with Gasteiger partial charge in [-0.2, -0.15) is 5.10 Å². The van der Waals surface area contributed by atoms with Crippen molar-refractivity contribution in [3.63, 3.8) is 0 Å². The fraction of sp³-hybridized carbons (Fsp3) is 0.0909. The second-order valence-electron chi connectivity index (χ2n) is 5.99. The molecule has 0 unspecified atom stereocenters. The zero-order valence-corrected chi connectivity index (χ0v) is 17.9. The summed E-state index contributed by atoms with van der Waals surface area (Å²) < 4.78 is 12.1. The van der Waals surface area contributed by atoms with Crippen LogP contribution in [0.2, 0.25) is 5.02 Å². The van der Waals surface area contributed by atoms with Gasteiger partial charge in [0.2, 0.25) is 0 Å². The van der Waals surface area contributed by atoms with Crippen LogP contribution in [-0.2, 0) is 6.61 Å². The van der Waals surface area contributed by atoms with E-state index in [1.54, 1.807) is 37.4 Å². The molecule has 1 amide bonds. The number of nitrogens with zero attached hydrogens (tertiary/aromatic N) is 1. The molecule has 3 aromatic rings. The quantitative estimate of drug-likeness (QED) is 0.366. The van der Waals surface area contributed by atoms with Crippen LogP contribution in [0.25, 0.3) is 0 Å². The van der Waals surface area contributed by atoms with Gasteiger partial charge in [-0.05, 0) is 51.3 Å². The fourth-order valence-electron chi connectivity index (χ4n) is 2.56. The predicted octanol–water partition coefficient (Wildman–Crippen LogP) is 5.45. The van der Waals surface area contributed by atoms with Gasteiger partial charge in [0.15, 0.2) is 11.5 Å². The van der Waals surface area contributed by atoms with Crippen LogP contribution in [0.3, 0.4) is 0 Å². The molecule has 0 bridgehead atoms. The van der Waals surface area contributed by atoms with Gasteiger partial charge in [-0.15, -0.1) is 0 Å². The highest BCUT2D eigenvalue weighted by atomic mass is 79.9. The Hall–Kier alpha value is -2.83. The number of halogens is 2. The predicted molar refractivity (Wildman–Crippen MR) is 118 cm³/mol. The SMILES string of the molecule is COc1cc(/C=N\NC(=O)c2ccccc2Cl)cc(Br)c1OCc1ccccc1. The van der Waals surface area contributed by atoms with E-state index >= 15 is 0 Å². The summed E-state index contributed by atoms with van der Waals surface area (Å²) in [5, 5.41) is 4.36. The van der Waals surface area contributed by atoms with Crippen LogP contribution in [0.1, 0.15) is 21.5 Å². The topological polar surface area (TPSA) is 59.9 Å². The molecule has 0 fully saturated rings. The average molecular weight is 474 g/mol. The van der Waals surface area contributed by atoms with Gasteiger partial charge in [0.05, 0.1) is 28.4 Å². The Morgan fingerprint density at radius 3 is 2.59 bits per heavy atom. The molecule has 0 spiro atoms. The molecule has 0 radical (unpaired) electrons. The van der Waals surface area contributed by atoms with Gasteiger partial charge in [-0.1, -0.05) is 54.1 Å². The first-order chi connectivity index (χ1) is 14.1. The number of hydrogen-bond donors (Lipinski definition) is 1. The van der Waals surface area contributed by atoms with E-state index in [-0.39, 0.29) is 5.91 Å². The van der Waals surface area contributed by atoms with Crippen molar-refractivity contribution >= 4 is 39.7 Å². The van der Waals surface area contributed by atoms with E-state index in [1.165, 1.54) is 6.21 Å².